The average Bonchev–Trinajstić information content (AvgIpc) is 3.29. The molecule has 0 aromatic heterocycles. The minimum atomic E-state index is -1.84. The van der Waals surface area contributed by atoms with Crippen LogP contribution in [-0.4, -0.2) is 56.4 Å². The summed E-state index contributed by atoms with van der Waals surface area (Å²) >= 11 is 1.63. The molecule has 8 heteroatoms. The summed E-state index contributed by atoms with van der Waals surface area (Å²) in [5.41, 5.74) is 0.411. The van der Waals surface area contributed by atoms with E-state index in [1.54, 1.807) is 16.7 Å². The summed E-state index contributed by atoms with van der Waals surface area (Å²) in [4.78, 5) is 28.2. The standard InChI is InChI=1S/C22H35NO5SSi/c1-7-11-27-21(25)18-17(14-15-9-8-12-26-15)29-20-16(19(24)23(18)20)10-13-28-30(5,6)22(2,3)4/h7,15-16,20H,1,8-14H2,2-6H3/t15?,16-,20+/m0/s1. The molecule has 168 valence electrons. The highest BCUT2D eigenvalue weighted by atomic mass is 32.2. The van der Waals surface area contributed by atoms with Crippen molar-refractivity contribution in [2.24, 2.45) is 5.92 Å². The molecule has 3 aliphatic heterocycles. The van der Waals surface area contributed by atoms with Crippen molar-refractivity contribution in [3.8, 4) is 0 Å². The highest BCUT2D eigenvalue weighted by Crippen LogP contribution is 2.52. The smallest absolute Gasteiger partial charge is 0.356 e. The van der Waals surface area contributed by atoms with Gasteiger partial charge < -0.3 is 13.9 Å². The highest BCUT2D eigenvalue weighted by molar-refractivity contribution is 8.04. The van der Waals surface area contributed by atoms with Gasteiger partial charge in [-0.25, -0.2) is 4.79 Å². The van der Waals surface area contributed by atoms with Crippen molar-refractivity contribution in [3.63, 3.8) is 0 Å². The summed E-state index contributed by atoms with van der Waals surface area (Å²) in [6.45, 7) is 16.2. The van der Waals surface area contributed by atoms with E-state index in [4.69, 9.17) is 13.9 Å². The van der Waals surface area contributed by atoms with Crippen LogP contribution in [-0.2, 0) is 23.5 Å². The SMILES string of the molecule is C=CCOC(=O)C1=C(CC2CCCO2)S[C@@H]2[C@@H](CCO[Si](C)(C)C(C)(C)C)C(=O)N12. The third-order valence-corrected chi connectivity index (χ3v) is 12.5. The Labute approximate surface area is 185 Å². The van der Waals surface area contributed by atoms with Crippen molar-refractivity contribution in [2.75, 3.05) is 19.8 Å². The lowest BCUT2D eigenvalue weighted by Crippen LogP contribution is -2.57. The van der Waals surface area contributed by atoms with Crippen molar-refractivity contribution >= 4 is 32.0 Å². The maximum atomic E-state index is 12.9. The van der Waals surface area contributed by atoms with Gasteiger partial charge >= 0.3 is 5.97 Å². The van der Waals surface area contributed by atoms with E-state index < -0.39 is 14.3 Å². The van der Waals surface area contributed by atoms with E-state index in [9.17, 15) is 9.59 Å². The monoisotopic (exact) mass is 453 g/mol. The summed E-state index contributed by atoms with van der Waals surface area (Å²) in [5.74, 6) is -0.564. The Balaban J connectivity index is 1.66. The fourth-order valence-corrected chi connectivity index (χ4v) is 6.39. The van der Waals surface area contributed by atoms with Crippen molar-refractivity contribution in [3.05, 3.63) is 23.3 Å². The first-order valence-corrected chi connectivity index (χ1v) is 14.6. The molecular weight excluding hydrogens is 418 g/mol. The van der Waals surface area contributed by atoms with Gasteiger partial charge in [0.05, 0.1) is 17.4 Å². The molecule has 0 aromatic carbocycles. The zero-order chi connectivity index (χ0) is 22.1. The summed E-state index contributed by atoms with van der Waals surface area (Å²) in [7, 11) is -1.84. The molecule has 0 bridgehead atoms. The van der Waals surface area contributed by atoms with E-state index in [0.29, 0.717) is 25.1 Å². The number of fused-ring (bicyclic) bond motifs is 1. The van der Waals surface area contributed by atoms with Crippen LogP contribution >= 0.6 is 11.8 Å². The molecule has 3 atom stereocenters. The van der Waals surface area contributed by atoms with E-state index in [-0.39, 0.29) is 34.9 Å². The number of β-lactam (4-membered cyclic amide) rings is 1. The van der Waals surface area contributed by atoms with Crippen LogP contribution in [0.15, 0.2) is 23.3 Å². The predicted molar refractivity (Wildman–Crippen MR) is 121 cm³/mol. The fourth-order valence-electron chi connectivity index (χ4n) is 3.73. The lowest BCUT2D eigenvalue weighted by Gasteiger charge is -2.43. The Morgan fingerprint density at radius 1 is 1.40 bits per heavy atom. The number of nitrogens with zero attached hydrogens (tertiary/aromatic N) is 1. The molecule has 0 aliphatic carbocycles. The zero-order valence-corrected chi connectivity index (χ0v) is 20.7. The van der Waals surface area contributed by atoms with Crippen LogP contribution in [0.1, 0.15) is 46.5 Å². The van der Waals surface area contributed by atoms with E-state index in [2.05, 4.69) is 40.4 Å². The molecule has 0 spiro atoms. The lowest BCUT2D eigenvalue weighted by molar-refractivity contribution is -0.153. The van der Waals surface area contributed by atoms with Crippen LogP contribution in [0, 0.1) is 5.92 Å². The molecule has 3 heterocycles. The number of ether oxygens (including phenoxy) is 2. The molecule has 0 saturated carbocycles. The topological polar surface area (TPSA) is 65.1 Å². The van der Waals surface area contributed by atoms with Gasteiger partial charge in [0.1, 0.15) is 12.3 Å². The van der Waals surface area contributed by atoms with Crippen LogP contribution in [0.4, 0.5) is 0 Å². The Morgan fingerprint density at radius 3 is 2.73 bits per heavy atom. The van der Waals surface area contributed by atoms with Crippen molar-refractivity contribution in [1.82, 2.24) is 4.90 Å². The number of rotatable bonds is 9. The van der Waals surface area contributed by atoms with Crippen LogP contribution < -0.4 is 0 Å². The first-order valence-electron chi connectivity index (χ1n) is 10.8. The lowest BCUT2D eigenvalue weighted by atomic mass is 9.94. The van der Waals surface area contributed by atoms with Gasteiger partial charge in [-0.05, 0) is 37.4 Å². The number of esters is 1. The van der Waals surface area contributed by atoms with Gasteiger partial charge in [0.25, 0.3) is 0 Å². The summed E-state index contributed by atoms with van der Waals surface area (Å²) in [5, 5.41) is 0.103. The normalized spacial score (nSPS) is 26.6. The van der Waals surface area contributed by atoms with E-state index in [0.717, 1.165) is 24.4 Å². The van der Waals surface area contributed by atoms with Gasteiger partial charge in [-0.3, -0.25) is 9.69 Å². The number of hydrogen-bond donors (Lipinski definition) is 0. The Bertz CT molecular complexity index is 724. The number of hydrogen-bond acceptors (Lipinski definition) is 6. The first-order chi connectivity index (χ1) is 14.1. The minimum absolute atomic E-state index is 0.000718. The number of carbonyl (C=O) groups excluding carboxylic acids is 2. The van der Waals surface area contributed by atoms with Crippen molar-refractivity contribution < 1.29 is 23.5 Å². The Morgan fingerprint density at radius 2 is 2.13 bits per heavy atom. The third kappa shape index (κ3) is 4.71. The number of thioether (sulfide) groups is 1. The van der Waals surface area contributed by atoms with E-state index >= 15 is 0 Å². The highest BCUT2D eigenvalue weighted by Gasteiger charge is 2.56. The number of carbonyl (C=O) groups is 2. The van der Waals surface area contributed by atoms with Crippen LogP contribution in [0.2, 0.25) is 18.1 Å². The molecule has 0 radical (unpaired) electrons. The first kappa shape index (κ1) is 23.6. The molecule has 0 aromatic rings. The van der Waals surface area contributed by atoms with Gasteiger partial charge in [-0.15, -0.1) is 11.8 Å². The maximum absolute atomic E-state index is 12.9. The molecule has 3 rings (SSSR count). The fraction of sp³-hybridized carbons (Fsp3) is 0.727. The van der Waals surface area contributed by atoms with Gasteiger partial charge in [-0.1, -0.05) is 33.4 Å². The molecule has 3 aliphatic rings. The molecule has 6 nitrogen and oxygen atoms in total. The van der Waals surface area contributed by atoms with E-state index in [1.165, 1.54) is 6.08 Å². The molecule has 2 fully saturated rings. The van der Waals surface area contributed by atoms with Gasteiger partial charge in [0.2, 0.25) is 5.91 Å². The quantitative estimate of drug-likeness (QED) is 0.223. The van der Waals surface area contributed by atoms with Crippen LogP contribution in [0.3, 0.4) is 0 Å². The van der Waals surface area contributed by atoms with Gasteiger partial charge in [0, 0.05) is 24.5 Å². The van der Waals surface area contributed by atoms with Crippen molar-refractivity contribution in [2.45, 2.75) is 76.1 Å². The maximum Gasteiger partial charge on any atom is 0.356 e. The minimum Gasteiger partial charge on any atom is -0.457 e. The Kier molecular flexibility index (Phi) is 7.21. The average molecular weight is 454 g/mol. The van der Waals surface area contributed by atoms with Crippen LogP contribution in [0.5, 0.6) is 0 Å². The Hall–Kier alpha value is -1.09. The molecule has 0 N–H and O–H groups in total. The molecular formula is C22H35NO5SSi. The second kappa shape index (κ2) is 9.18. The van der Waals surface area contributed by atoms with E-state index in [1.807, 2.05) is 0 Å². The summed E-state index contributed by atoms with van der Waals surface area (Å²) in [6.07, 6.45) is 5.03. The van der Waals surface area contributed by atoms with Crippen molar-refractivity contribution in [1.29, 1.82) is 0 Å². The molecule has 30 heavy (non-hydrogen) atoms. The van der Waals surface area contributed by atoms with Gasteiger partial charge in [0.15, 0.2) is 8.32 Å². The third-order valence-electron chi connectivity index (χ3n) is 6.58. The molecule has 2 saturated heterocycles. The second-order valence-electron chi connectivity index (χ2n) is 9.72. The summed E-state index contributed by atoms with van der Waals surface area (Å²) in [6, 6.07) is 0. The predicted octanol–water partition coefficient (Wildman–Crippen LogP) is 4.44. The summed E-state index contributed by atoms with van der Waals surface area (Å²) < 4.78 is 17.3. The molecule has 1 amide bonds. The zero-order valence-electron chi connectivity index (χ0n) is 18.9. The largest absolute Gasteiger partial charge is 0.457 e. The molecule has 1 unspecified atom stereocenters. The number of amides is 1. The van der Waals surface area contributed by atoms with Crippen LogP contribution in [0.25, 0.3) is 0 Å². The van der Waals surface area contributed by atoms with Gasteiger partial charge in [-0.2, -0.15) is 0 Å². The second-order valence-corrected chi connectivity index (χ2v) is 15.7.